The van der Waals surface area contributed by atoms with Gasteiger partial charge in [-0.05, 0) is 46.2 Å². The maximum absolute atomic E-state index is 4.80. The number of piperazine rings is 1. The second kappa shape index (κ2) is 12.6. The van der Waals surface area contributed by atoms with Crippen LogP contribution in [0.1, 0.15) is 37.7 Å². The van der Waals surface area contributed by atoms with Crippen LogP contribution in [0, 0.1) is 13.8 Å². The summed E-state index contributed by atoms with van der Waals surface area (Å²) in [6.07, 6.45) is 0.953. The van der Waals surface area contributed by atoms with E-state index < -0.39 is 0 Å². The van der Waals surface area contributed by atoms with Crippen LogP contribution in [0.2, 0.25) is 0 Å². The molecule has 0 aromatic carbocycles. The van der Waals surface area contributed by atoms with Crippen LogP contribution in [-0.2, 0) is 13.5 Å². The third-order valence-corrected chi connectivity index (χ3v) is 5.49. The molecule has 1 aliphatic heterocycles. The number of aliphatic imine (C=N–C) groups is 1. The number of likely N-dealkylation sites (N-methyl/N-ethyl adjacent to an activating group) is 1. The predicted octanol–water partition coefficient (Wildman–Crippen LogP) is 1.78. The number of hydrogen-bond donors (Lipinski definition) is 2. The lowest BCUT2D eigenvalue weighted by atomic mass is 10.1. The van der Waals surface area contributed by atoms with Crippen molar-refractivity contribution >= 4 is 29.9 Å². The summed E-state index contributed by atoms with van der Waals surface area (Å²) in [5.41, 5.74) is 3.70. The summed E-state index contributed by atoms with van der Waals surface area (Å²) in [6.45, 7) is 19.4. The third kappa shape index (κ3) is 7.51. The van der Waals surface area contributed by atoms with E-state index in [0.29, 0.717) is 6.04 Å². The Morgan fingerprint density at radius 1 is 1.14 bits per heavy atom. The fourth-order valence-corrected chi connectivity index (χ4v) is 3.66. The largest absolute Gasteiger partial charge is 0.357 e. The maximum Gasteiger partial charge on any atom is 0.191 e. The van der Waals surface area contributed by atoms with Gasteiger partial charge >= 0.3 is 0 Å². The fraction of sp³-hybridized carbons (Fsp3) is 0.800. The van der Waals surface area contributed by atoms with Gasteiger partial charge in [0.25, 0.3) is 0 Å². The fourth-order valence-electron chi connectivity index (χ4n) is 3.66. The van der Waals surface area contributed by atoms with Crippen LogP contribution in [0.15, 0.2) is 4.99 Å². The van der Waals surface area contributed by atoms with Gasteiger partial charge in [-0.1, -0.05) is 6.92 Å². The molecule has 0 radical (unpaired) electrons. The molecule has 0 spiro atoms. The van der Waals surface area contributed by atoms with Crippen LogP contribution < -0.4 is 10.6 Å². The van der Waals surface area contributed by atoms with Crippen LogP contribution in [0.3, 0.4) is 0 Å². The van der Waals surface area contributed by atoms with Gasteiger partial charge in [-0.15, -0.1) is 24.0 Å². The van der Waals surface area contributed by atoms with E-state index in [1.54, 1.807) is 0 Å². The summed E-state index contributed by atoms with van der Waals surface area (Å²) in [6, 6.07) is 0.303. The minimum Gasteiger partial charge on any atom is -0.357 e. The van der Waals surface area contributed by atoms with Gasteiger partial charge in [0.15, 0.2) is 5.96 Å². The van der Waals surface area contributed by atoms with Gasteiger partial charge in [-0.3, -0.25) is 14.6 Å². The normalized spacial score (nSPS) is 17.3. The zero-order chi connectivity index (χ0) is 19.8. The average molecular weight is 505 g/mol. The first-order chi connectivity index (χ1) is 12.9. The quantitative estimate of drug-likeness (QED) is 0.321. The molecule has 1 saturated heterocycles. The van der Waals surface area contributed by atoms with Gasteiger partial charge in [-0.25, -0.2) is 0 Å². The monoisotopic (exact) mass is 505 g/mol. The first kappa shape index (κ1) is 25.2. The second-order valence-corrected chi connectivity index (χ2v) is 7.56. The molecule has 0 amide bonds. The van der Waals surface area contributed by atoms with Gasteiger partial charge in [0.1, 0.15) is 0 Å². The Hall–Kier alpha value is -0.870. The number of guanidine groups is 1. The van der Waals surface area contributed by atoms with Crippen molar-refractivity contribution in [3.63, 3.8) is 0 Å². The summed E-state index contributed by atoms with van der Waals surface area (Å²) >= 11 is 0. The first-order valence-corrected chi connectivity index (χ1v) is 10.4. The van der Waals surface area contributed by atoms with Gasteiger partial charge in [-0.2, -0.15) is 5.10 Å². The van der Waals surface area contributed by atoms with Crippen LogP contribution in [0.25, 0.3) is 0 Å². The van der Waals surface area contributed by atoms with E-state index >= 15 is 0 Å². The molecule has 0 saturated carbocycles. The molecule has 1 aliphatic rings. The summed E-state index contributed by atoms with van der Waals surface area (Å²) in [4.78, 5) is 9.83. The van der Waals surface area contributed by atoms with Gasteiger partial charge in [0.2, 0.25) is 0 Å². The van der Waals surface area contributed by atoms with Crippen molar-refractivity contribution in [3.05, 3.63) is 17.0 Å². The van der Waals surface area contributed by atoms with Crippen molar-refractivity contribution in [2.24, 2.45) is 12.0 Å². The zero-order valence-corrected chi connectivity index (χ0v) is 20.9. The molecule has 1 atom stereocenters. The first-order valence-electron chi connectivity index (χ1n) is 10.4. The van der Waals surface area contributed by atoms with Crippen LogP contribution in [0.4, 0.5) is 0 Å². The highest BCUT2D eigenvalue weighted by atomic mass is 127. The molecule has 162 valence electrons. The molecular formula is C20H40IN7. The summed E-state index contributed by atoms with van der Waals surface area (Å²) in [5, 5.41) is 11.5. The summed E-state index contributed by atoms with van der Waals surface area (Å²) in [7, 11) is 2.01. The molecule has 1 fully saturated rings. The van der Waals surface area contributed by atoms with Crippen molar-refractivity contribution in [2.75, 3.05) is 52.4 Å². The predicted molar refractivity (Wildman–Crippen MR) is 129 cm³/mol. The Kier molecular flexibility index (Phi) is 11.4. The molecule has 0 bridgehead atoms. The molecule has 1 aromatic rings. The molecule has 2 heterocycles. The van der Waals surface area contributed by atoms with E-state index in [0.717, 1.165) is 57.3 Å². The van der Waals surface area contributed by atoms with Crippen molar-refractivity contribution in [1.29, 1.82) is 0 Å². The minimum atomic E-state index is 0. The topological polar surface area (TPSA) is 60.7 Å². The highest BCUT2D eigenvalue weighted by molar-refractivity contribution is 14.0. The molecule has 1 unspecified atom stereocenters. The van der Waals surface area contributed by atoms with Crippen molar-refractivity contribution < 1.29 is 0 Å². The van der Waals surface area contributed by atoms with E-state index in [4.69, 9.17) is 4.99 Å². The lowest BCUT2D eigenvalue weighted by Gasteiger charge is -2.33. The zero-order valence-electron chi connectivity index (χ0n) is 18.6. The number of nitrogens with one attached hydrogen (secondary N) is 2. The SMILES string of the molecule is CCNC(=NCCN1CCN(CC)CC1)NC(C)Cc1c(C)nn(C)c1C.I. The molecule has 0 aliphatic carbocycles. The standard InChI is InChI=1S/C20H39N7.HI/c1-7-21-20(22-9-10-27-13-11-26(8-2)12-14-27)23-16(3)15-19-17(4)24-25(6)18(19)5;/h16H,7-15H2,1-6H3,(H2,21,22,23);1H. The second-order valence-electron chi connectivity index (χ2n) is 7.56. The highest BCUT2D eigenvalue weighted by Crippen LogP contribution is 2.14. The Morgan fingerprint density at radius 3 is 2.32 bits per heavy atom. The number of hydrogen-bond acceptors (Lipinski definition) is 4. The lowest BCUT2D eigenvalue weighted by Crippen LogP contribution is -2.47. The Labute approximate surface area is 188 Å². The van der Waals surface area contributed by atoms with Crippen LogP contribution >= 0.6 is 24.0 Å². The van der Waals surface area contributed by atoms with Crippen LogP contribution in [0.5, 0.6) is 0 Å². The number of nitrogens with zero attached hydrogens (tertiary/aromatic N) is 5. The molecule has 1 aromatic heterocycles. The van der Waals surface area contributed by atoms with Crippen molar-refractivity contribution in [1.82, 2.24) is 30.2 Å². The Morgan fingerprint density at radius 2 is 1.79 bits per heavy atom. The highest BCUT2D eigenvalue weighted by Gasteiger charge is 2.16. The van der Waals surface area contributed by atoms with Crippen molar-refractivity contribution in [2.45, 2.75) is 47.1 Å². The average Bonchev–Trinajstić information content (AvgIpc) is 2.88. The molecule has 2 N–H and O–H groups in total. The number of aromatic nitrogens is 2. The van der Waals surface area contributed by atoms with E-state index in [9.17, 15) is 0 Å². The molecule has 2 rings (SSSR count). The molecule has 8 heteroatoms. The van der Waals surface area contributed by atoms with E-state index in [1.165, 1.54) is 24.3 Å². The molecule has 28 heavy (non-hydrogen) atoms. The summed E-state index contributed by atoms with van der Waals surface area (Å²) < 4.78 is 1.97. The van der Waals surface area contributed by atoms with E-state index in [1.807, 2.05) is 11.7 Å². The van der Waals surface area contributed by atoms with Gasteiger partial charge in [0.05, 0.1) is 12.2 Å². The number of aryl methyl sites for hydroxylation is 2. The number of rotatable bonds is 8. The van der Waals surface area contributed by atoms with E-state index in [-0.39, 0.29) is 24.0 Å². The summed E-state index contributed by atoms with van der Waals surface area (Å²) in [5.74, 6) is 0.913. The minimum absolute atomic E-state index is 0. The maximum atomic E-state index is 4.80. The molecule has 7 nitrogen and oxygen atoms in total. The third-order valence-electron chi connectivity index (χ3n) is 5.49. The number of halogens is 1. The van der Waals surface area contributed by atoms with Gasteiger partial charge in [0, 0.05) is 58.1 Å². The van der Waals surface area contributed by atoms with Gasteiger partial charge < -0.3 is 15.5 Å². The molecular weight excluding hydrogens is 465 g/mol. The Balaban J connectivity index is 0.00000392. The van der Waals surface area contributed by atoms with E-state index in [2.05, 4.69) is 60.2 Å². The van der Waals surface area contributed by atoms with Crippen molar-refractivity contribution in [3.8, 4) is 0 Å². The smallest absolute Gasteiger partial charge is 0.191 e. The lowest BCUT2D eigenvalue weighted by molar-refractivity contribution is 0.140. The van der Waals surface area contributed by atoms with Crippen LogP contribution in [-0.4, -0.2) is 83.9 Å². The Bertz CT molecular complexity index is 606.